The third-order valence-electron chi connectivity index (χ3n) is 2.97. The summed E-state index contributed by atoms with van der Waals surface area (Å²) in [4.78, 5) is 12.8. The maximum absolute atomic E-state index is 12.7. The van der Waals surface area contributed by atoms with Crippen LogP contribution in [0.4, 0.5) is 30.2 Å². The van der Waals surface area contributed by atoms with Crippen LogP contribution in [0.15, 0.2) is 18.2 Å². The van der Waals surface area contributed by atoms with Crippen LogP contribution in [-0.4, -0.2) is 24.7 Å². The number of nitrogens with one attached hydrogen (secondary N) is 1. The number of nitrogens with zero attached hydrogens (tertiary/aromatic N) is 1. The molecule has 1 aliphatic rings. The van der Waals surface area contributed by atoms with Crippen LogP contribution in [0.1, 0.15) is 13.3 Å². The molecular weight excluding hydrogens is 259 g/mol. The Bertz CT molecular complexity index is 501. The van der Waals surface area contributed by atoms with Crippen LogP contribution >= 0.6 is 0 Å². The molecule has 0 aromatic heterocycles. The maximum atomic E-state index is 12.7. The van der Waals surface area contributed by atoms with Crippen molar-refractivity contribution in [2.24, 2.45) is 0 Å². The summed E-state index contributed by atoms with van der Waals surface area (Å²) in [7, 11) is 0. The lowest BCUT2D eigenvalue weighted by molar-refractivity contribution is -0.122. The van der Waals surface area contributed by atoms with Gasteiger partial charge in [-0.25, -0.2) is 0 Å². The SMILES string of the molecule is CC1CC(=O)Nc2ccc(N)cc2N1CC(F)(F)F. The molecule has 0 fully saturated rings. The molecule has 7 heteroatoms. The number of nitrogen functional groups attached to an aromatic ring is 1. The summed E-state index contributed by atoms with van der Waals surface area (Å²) in [6.07, 6.45) is -4.34. The lowest BCUT2D eigenvalue weighted by Gasteiger charge is -2.30. The van der Waals surface area contributed by atoms with E-state index in [1.807, 2.05) is 0 Å². The van der Waals surface area contributed by atoms with Crippen molar-refractivity contribution in [1.29, 1.82) is 0 Å². The summed E-state index contributed by atoms with van der Waals surface area (Å²) in [5.41, 5.74) is 6.63. The van der Waals surface area contributed by atoms with Crippen LogP contribution in [0.3, 0.4) is 0 Å². The average Bonchev–Trinajstić information content (AvgIpc) is 2.36. The lowest BCUT2D eigenvalue weighted by Crippen LogP contribution is -2.40. The van der Waals surface area contributed by atoms with Crippen molar-refractivity contribution < 1.29 is 18.0 Å². The molecule has 0 aliphatic carbocycles. The Hall–Kier alpha value is -1.92. The van der Waals surface area contributed by atoms with Crippen LogP contribution < -0.4 is 16.0 Å². The Morgan fingerprint density at radius 1 is 1.47 bits per heavy atom. The molecule has 3 N–H and O–H groups in total. The van der Waals surface area contributed by atoms with Gasteiger partial charge in [-0.1, -0.05) is 0 Å². The molecule has 1 heterocycles. The fourth-order valence-electron chi connectivity index (χ4n) is 2.14. The van der Waals surface area contributed by atoms with Crippen LogP contribution in [0.25, 0.3) is 0 Å². The molecule has 2 rings (SSSR count). The van der Waals surface area contributed by atoms with Gasteiger partial charge in [0.1, 0.15) is 6.54 Å². The highest BCUT2D eigenvalue weighted by molar-refractivity contribution is 5.97. The number of anilines is 3. The molecule has 19 heavy (non-hydrogen) atoms. The summed E-state index contributed by atoms with van der Waals surface area (Å²) >= 11 is 0. The Kier molecular flexibility index (Phi) is 3.30. The van der Waals surface area contributed by atoms with Crippen molar-refractivity contribution in [2.75, 3.05) is 22.5 Å². The molecule has 0 saturated carbocycles. The van der Waals surface area contributed by atoms with Gasteiger partial charge < -0.3 is 16.0 Å². The summed E-state index contributed by atoms with van der Waals surface area (Å²) in [6.45, 7) is 0.475. The Morgan fingerprint density at radius 2 is 2.16 bits per heavy atom. The summed E-state index contributed by atoms with van der Waals surface area (Å²) in [5.74, 6) is -0.303. The van der Waals surface area contributed by atoms with Crippen LogP contribution in [0, 0.1) is 0 Å². The van der Waals surface area contributed by atoms with E-state index in [9.17, 15) is 18.0 Å². The molecule has 0 saturated heterocycles. The van der Waals surface area contributed by atoms with E-state index in [4.69, 9.17) is 5.73 Å². The van der Waals surface area contributed by atoms with E-state index in [0.29, 0.717) is 17.1 Å². The van der Waals surface area contributed by atoms with Crippen LogP contribution in [0.5, 0.6) is 0 Å². The zero-order valence-corrected chi connectivity index (χ0v) is 10.3. The van der Waals surface area contributed by atoms with Crippen molar-refractivity contribution in [1.82, 2.24) is 0 Å². The number of rotatable bonds is 1. The van der Waals surface area contributed by atoms with Crippen molar-refractivity contribution in [2.45, 2.75) is 25.6 Å². The molecule has 1 amide bonds. The van der Waals surface area contributed by atoms with Crippen molar-refractivity contribution in [3.8, 4) is 0 Å². The fraction of sp³-hybridized carbons (Fsp3) is 0.417. The molecule has 0 spiro atoms. The Balaban J connectivity index is 2.46. The second-order valence-electron chi connectivity index (χ2n) is 4.62. The van der Waals surface area contributed by atoms with E-state index in [2.05, 4.69) is 5.32 Å². The van der Waals surface area contributed by atoms with Gasteiger partial charge in [0.05, 0.1) is 11.4 Å². The highest BCUT2D eigenvalue weighted by atomic mass is 19.4. The van der Waals surface area contributed by atoms with Gasteiger partial charge in [0.2, 0.25) is 5.91 Å². The largest absolute Gasteiger partial charge is 0.405 e. The molecule has 0 bridgehead atoms. The molecule has 104 valence electrons. The van der Waals surface area contributed by atoms with Gasteiger partial charge in [0.15, 0.2) is 0 Å². The van der Waals surface area contributed by atoms with E-state index in [1.54, 1.807) is 13.0 Å². The van der Waals surface area contributed by atoms with E-state index in [-0.39, 0.29) is 12.3 Å². The van der Waals surface area contributed by atoms with Gasteiger partial charge in [0, 0.05) is 18.2 Å². The number of carbonyl (C=O) groups is 1. The third-order valence-corrected chi connectivity index (χ3v) is 2.97. The molecule has 1 aliphatic heterocycles. The zero-order valence-electron chi connectivity index (χ0n) is 10.3. The molecule has 1 aromatic rings. The van der Waals surface area contributed by atoms with Crippen LogP contribution in [0.2, 0.25) is 0 Å². The van der Waals surface area contributed by atoms with E-state index in [1.165, 1.54) is 12.1 Å². The van der Waals surface area contributed by atoms with Gasteiger partial charge in [0.25, 0.3) is 0 Å². The number of halogens is 3. The molecular formula is C12H14F3N3O. The van der Waals surface area contributed by atoms with E-state index < -0.39 is 18.8 Å². The molecule has 1 aromatic carbocycles. The highest BCUT2D eigenvalue weighted by Crippen LogP contribution is 2.35. The average molecular weight is 273 g/mol. The summed E-state index contributed by atoms with van der Waals surface area (Å²) in [6, 6.07) is 3.96. The predicted molar refractivity (Wildman–Crippen MR) is 67.0 cm³/mol. The normalized spacial score (nSPS) is 19.7. The number of benzene rings is 1. The maximum Gasteiger partial charge on any atom is 0.405 e. The van der Waals surface area contributed by atoms with Gasteiger partial charge in [-0.2, -0.15) is 13.2 Å². The quantitative estimate of drug-likeness (QED) is 0.772. The molecule has 4 nitrogen and oxygen atoms in total. The molecule has 1 unspecified atom stereocenters. The minimum absolute atomic E-state index is 0.00463. The standard InChI is InChI=1S/C12H14F3N3O/c1-7-4-11(19)17-9-3-2-8(16)5-10(9)18(7)6-12(13,14)15/h2-3,5,7H,4,6,16H2,1H3,(H,17,19). The first-order valence-electron chi connectivity index (χ1n) is 5.79. The van der Waals surface area contributed by atoms with Gasteiger partial charge >= 0.3 is 6.18 Å². The number of hydrogen-bond donors (Lipinski definition) is 2. The molecule has 0 radical (unpaired) electrons. The number of amides is 1. The number of fused-ring (bicyclic) bond motifs is 1. The summed E-state index contributed by atoms with van der Waals surface area (Å²) in [5, 5.41) is 2.59. The van der Waals surface area contributed by atoms with Crippen molar-refractivity contribution in [3.63, 3.8) is 0 Å². The number of alkyl halides is 3. The Morgan fingerprint density at radius 3 is 2.79 bits per heavy atom. The number of carbonyl (C=O) groups excluding carboxylic acids is 1. The van der Waals surface area contributed by atoms with E-state index in [0.717, 1.165) is 4.90 Å². The first kappa shape index (κ1) is 13.5. The minimum Gasteiger partial charge on any atom is -0.399 e. The van der Waals surface area contributed by atoms with Gasteiger partial charge in [-0.05, 0) is 25.1 Å². The van der Waals surface area contributed by atoms with Crippen LogP contribution in [-0.2, 0) is 4.79 Å². The van der Waals surface area contributed by atoms with E-state index >= 15 is 0 Å². The van der Waals surface area contributed by atoms with Crippen molar-refractivity contribution in [3.05, 3.63) is 18.2 Å². The summed E-state index contributed by atoms with van der Waals surface area (Å²) < 4.78 is 38.0. The third kappa shape index (κ3) is 3.10. The fourth-order valence-corrected chi connectivity index (χ4v) is 2.14. The monoisotopic (exact) mass is 273 g/mol. The first-order valence-corrected chi connectivity index (χ1v) is 5.79. The van der Waals surface area contributed by atoms with Crippen molar-refractivity contribution >= 4 is 23.0 Å². The topological polar surface area (TPSA) is 58.4 Å². The number of hydrogen-bond acceptors (Lipinski definition) is 3. The second kappa shape index (κ2) is 4.64. The minimum atomic E-state index is -4.34. The lowest BCUT2D eigenvalue weighted by atomic mass is 10.1. The second-order valence-corrected chi connectivity index (χ2v) is 4.62. The first-order chi connectivity index (χ1) is 8.76. The van der Waals surface area contributed by atoms with Gasteiger partial charge in [-0.3, -0.25) is 4.79 Å². The number of nitrogens with two attached hydrogens (primary N) is 1. The highest BCUT2D eigenvalue weighted by Gasteiger charge is 2.35. The molecule has 1 atom stereocenters. The zero-order chi connectivity index (χ0) is 14.2. The predicted octanol–water partition coefficient (Wildman–Crippen LogP) is 2.37. The smallest absolute Gasteiger partial charge is 0.399 e. The Labute approximate surface area is 108 Å². The van der Waals surface area contributed by atoms with Gasteiger partial charge in [-0.15, -0.1) is 0 Å².